The molecule has 3 nitrogen and oxygen atoms in total. The van der Waals surface area contributed by atoms with E-state index in [2.05, 4.69) is 52.6 Å². The van der Waals surface area contributed by atoms with Gasteiger partial charge >= 0.3 is 0 Å². The van der Waals surface area contributed by atoms with Gasteiger partial charge in [0, 0.05) is 5.41 Å². The molecule has 0 aliphatic heterocycles. The van der Waals surface area contributed by atoms with Gasteiger partial charge in [-0.3, -0.25) is 4.55 Å². The van der Waals surface area contributed by atoms with Gasteiger partial charge in [-0.05, 0) is 68.3 Å². The first kappa shape index (κ1) is 29.6. The molecule has 34 heavy (non-hydrogen) atoms. The highest BCUT2D eigenvalue weighted by atomic mass is 32.2. The molecule has 0 spiro atoms. The molecule has 186 valence electrons. The maximum absolute atomic E-state index is 13.7. The van der Waals surface area contributed by atoms with Gasteiger partial charge in [0.25, 0.3) is 10.1 Å². The summed E-state index contributed by atoms with van der Waals surface area (Å²) in [5.74, 6) is -0.0893. The molecule has 0 saturated carbocycles. The van der Waals surface area contributed by atoms with E-state index in [4.69, 9.17) is 0 Å². The Balaban J connectivity index is 4.73. The lowest BCUT2D eigenvalue weighted by atomic mass is 9.41. The molecule has 1 aliphatic rings. The lowest BCUT2D eigenvalue weighted by molar-refractivity contribution is -0.0477. The second-order valence-corrected chi connectivity index (χ2v) is 10.7. The van der Waals surface area contributed by atoms with Crippen molar-refractivity contribution in [2.45, 2.75) is 56.1 Å². The fourth-order valence-electron chi connectivity index (χ4n) is 6.84. The minimum absolute atomic E-state index is 0.0359. The summed E-state index contributed by atoms with van der Waals surface area (Å²) in [7, 11) is -4.67. The van der Waals surface area contributed by atoms with Crippen LogP contribution in [0.4, 0.5) is 0 Å². The van der Waals surface area contributed by atoms with E-state index < -0.39 is 25.7 Å². The van der Waals surface area contributed by atoms with Crippen molar-refractivity contribution in [2.24, 2.45) is 16.7 Å². The average Bonchev–Trinajstić information content (AvgIpc) is 2.76. The second-order valence-electron chi connectivity index (χ2n) is 9.07. The van der Waals surface area contributed by atoms with Gasteiger partial charge in [-0.25, -0.2) is 0 Å². The van der Waals surface area contributed by atoms with Crippen LogP contribution in [0.15, 0.2) is 112 Å². The molecular formula is C30H42O3S. The smallest absolute Gasteiger partial charge is 0.275 e. The maximum Gasteiger partial charge on any atom is 0.275 e. The second kappa shape index (κ2) is 12.3. The van der Waals surface area contributed by atoms with Crippen LogP contribution in [-0.2, 0) is 10.1 Å². The van der Waals surface area contributed by atoms with E-state index in [0.717, 1.165) is 5.57 Å². The van der Waals surface area contributed by atoms with Gasteiger partial charge in [-0.1, -0.05) is 54.2 Å². The molecule has 1 aliphatic carbocycles. The largest absolute Gasteiger partial charge is 0.285 e. The number of hydrogen-bond donors (Lipinski definition) is 1. The van der Waals surface area contributed by atoms with Crippen molar-refractivity contribution in [3.8, 4) is 0 Å². The monoisotopic (exact) mass is 482 g/mol. The van der Waals surface area contributed by atoms with Gasteiger partial charge < -0.3 is 0 Å². The molecule has 0 aromatic carbocycles. The fraction of sp³-hybridized carbons (Fsp3) is 0.400. The van der Waals surface area contributed by atoms with Crippen molar-refractivity contribution >= 4 is 10.1 Å². The van der Waals surface area contributed by atoms with Crippen molar-refractivity contribution in [1.82, 2.24) is 0 Å². The van der Waals surface area contributed by atoms with Crippen molar-refractivity contribution < 1.29 is 13.0 Å². The SMILES string of the molecule is C=CCC1=C(CC=C)C(CC=C)(S(=O)(=O)O)C(CC=C)(CC=C)C(CC=C)(CC=C)C1CC=C. The van der Waals surface area contributed by atoms with Crippen LogP contribution in [0.3, 0.4) is 0 Å². The molecule has 0 aromatic rings. The van der Waals surface area contributed by atoms with Crippen molar-refractivity contribution in [2.75, 3.05) is 0 Å². The number of allylic oxidation sites excluding steroid dienone is 9. The normalized spacial score (nSPS) is 23.4. The molecule has 1 rings (SSSR count). The third kappa shape index (κ3) is 4.46. The number of hydrogen-bond acceptors (Lipinski definition) is 2. The molecule has 2 atom stereocenters. The Morgan fingerprint density at radius 2 is 1.15 bits per heavy atom. The van der Waals surface area contributed by atoms with E-state index in [1.165, 1.54) is 0 Å². The van der Waals surface area contributed by atoms with Gasteiger partial charge in [-0.15, -0.1) is 52.6 Å². The Bertz CT molecular complexity index is 943. The summed E-state index contributed by atoms with van der Waals surface area (Å²) in [4.78, 5) is 0. The van der Waals surface area contributed by atoms with Crippen molar-refractivity contribution in [1.29, 1.82) is 0 Å². The van der Waals surface area contributed by atoms with Crippen LogP contribution in [0.1, 0.15) is 51.4 Å². The Hall–Kier alpha value is -2.43. The van der Waals surface area contributed by atoms with Crippen molar-refractivity contribution in [3.63, 3.8) is 0 Å². The molecule has 0 amide bonds. The summed E-state index contributed by atoms with van der Waals surface area (Å²) < 4.78 is 37.0. The summed E-state index contributed by atoms with van der Waals surface area (Å²) in [5.41, 5.74) is -0.0787. The van der Waals surface area contributed by atoms with Crippen LogP contribution < -0.4 is 0 Å². The van der Waals surface area contributed by atoms with Crippen LogP contribution in [-0.4, -0.2) is 17.7 Å². The Kier molecular flexibility index (Phi) is 10.7. The lowest BCUT2D eigenvalue weighted by Gasteiger charge is -2.66. The first-order valence-electron chi connectivity index (χ1n) is 11.7. The predicted molar refractivity (Wildman–Crippen MR) is 148 cm³/mol. The highest BCUT2D eigenvalue weighted by Crippen LogP contribution is 2.71. The van der Waals surface area contributed by atoms with Crippen LogP contribution in [0.2, 0.25) is 0 Å². The first-order chi connectivity index (χ1) is 16.1. The van der Waals surface area contributed by atoms with Gasteiger partial charge in [0.05, 0.1) is 0 Å². The van der Waals surface area contributed by atoms with Gasteiger partial charge in [0.1, 0.15) is 4.75 Å². The maximum atomic E-state index is 13.7. The van der Waals surface area contributed by atoms with Gasteiger partial charge in [-0.2, -0.15) is 8.42 Å². The summed E-state index contributed by atoms with van der Waals surface area (Å²) in [6.45, 7) is 31.9. The van der Waals surface area contributed by atoms with Crippen LogP contribution in [0.5, 0.6) is 0 Å². The molecule has 2 unspecified atom stereocenters. The molecular weight excluding hydrogens is 440 g/mol. The fourth-order valence-corrected chi connectivity index (χ4v) is 8.56. The molecule has 0 fully saturated rings. The molecule has 0 saturated heterocycles. The standard InChI is InChI=1S/C30H42O3S/c1-9-17-25-26(18-10-2)28(20-12-4,21-13-5)29(22-14-6,23-15-7)30(24-16-8,34(31,32)33)27(25)19-11-3/h9-16,26H,1-8,17-24H2,(H,31,32,33). The molecule has 4 heteroatoms. The third-order valence-corrected chi connectivity index (χ3v) is 9.36. The molecule has 0 aromatic heterocycles. The summed E-state index contributed by atoms with van der Waals surface area (Å²) in [6.07, 6.45) is 17.3. The average molecular weight is 483 g/mol. The van der Waals surface area contributed by atoms with E-state index in [-0.39, 0.29) is 12.3 Å². The van der Waals surface area contributed by atoms with Gasteiger partial charge in [0.15, 0.2) is 0 Å². The number of rotatable bonds is 17. The minimum Gasteiger partial charge on any atom is -0.285 e. The molecule has 0 radical (unpaired) electrons. The quantitative estimate of drug-likeness (QED) is 0.168. The zero-order valence-corrected chi connectivity index (χ0v) is 21.5. The Morgan fingerprint density at radius 1 is 0.676 bits per heavy atom. The molecule has 1 N–H and O–H groups in total. The third-order valence-electron chi connectivity index (χ3n) is 7.68. The molecule has 0 heterocycles. The molecule has 0 bridgehead atoms. The van der Waals surface area contributed by atoms with Crippen LogP contribution in [0, 0.1) is 16.7 Å². The van der Waals surface area contributed by atoms with E-state index in [9.17, 15) is 13.0 Å². The highest BCUT2D eigenvalue weighted by molar-refractivity contribution is 7.87. The summed E-state index contributed by atoms with van der Waals surface area (Å²) in [5, 5.41) is 0. The summed E-state index contributed by atoms with van der Waals surface area (Å²) in [6, 6.07) is 0. The van der Waals surface area contributed by atoms with Crippen LogP contribution >= 0.6 is 0 Å². The zero-order valence-electron chi connectivity index (χ0n) is 20.7. The van der Waals surface area contributed by atoms with Crippen molar-refractivity contribution in [3.05, 3.63) is 112 Å². The van der Waals surface area contributed by atoms with E-state index in [1.54, 1.807) is 30.4 Å². The predicted octanol–water partition coefficient (Wildman–Crippen LogP) is 8.12. The van der Waals surface area contributed by atoms with Crippen LogP contribution in [0.25, 0.3) is 0 Å². The topological polar surface area (TPSA) is 54.4 Å². The highest BCUT2D eigenvalue weighted by Gasteiger charge is 2.71. The summed E-state index contributed by atoms with van der Waals surface area (Å²) >= 11 is 0. The minimum atomic E-state index is -4.67. The van der Waals surface area contributed by atoms with Gasteiger partial charge in [0.2, 0.25) is 0 Å². The Morgan fingerprint density at radius 3 is 1.50 bits per heavy atom. The lowest BCUT2D eigenvalue weighted by Crippen LogP contribution is -2.67. The van der Waals surface area contributed by atoms with E-state index in [1.807, 2.05) is 18.2 Å². The first-order valence-corrected chi connectivity index (χ1v) is 13.2. The zero-order chi connectivity index (χ0) is 26.0. The Labute approximate surface area is 208 Å². The van der Waals surface area contributed by atoms with E-state index in [0.29, 0.717) is 50.5 Å². The van der Waals surface area contributed by atoms with E-state index >= 15 is 0 Å².